The Labute approximate surface area is 177 Å². The lowest BCUT2D eigenvalue weighted by Crippen LogP contribution is -2.46. The molecule has 1 aliphatic heterocycles. The molecule has 2 aromatic rings. The van der Waals surface area contributed by atoms with Crippen LogP contribution in [0.4, 0.5) is 17.1 Å². The summed E-state index contributed by atoms with van der Waals surface area (Å²) in [5, 5.41) is 12.3. The van der Waals surface area contributed by atoms with Gasteiger partial charge < -0.3 is 25.0 Å². The Kier molecular flexibility index (Phi) is 6.82. The van der Waals surface area contributed by atoms with Crippen molar-refractivity contribution >= 4 is 28.9 Å². The fourth-order valence-corrected chi connectivity index (χ4v) is 3.49. The van der Waals surface area contributed by atoms with Crippen LogP contribution in [0.3, 0.4) is 0 Å². The predicted octanol–water partition coefficient (Wildman–Crippen LogP) is 3.70. The number of anilines is 3. The minimum Gasteiger partial charge on any atom is -0.492 e. The predicted molar refractivity (Wildman–Crippen MR) is 119 cm³/mol. The van der Waals surface area contributed by atoms with Crippen LogP contribution in [-0.2, 0) is 4.79 Å². The number of benzene rings is 2. The van der Waals surface area contributed by atoms with Crippen molar-refractivity contribution in [2.75, 3.05) is 47.9 Å². The molecule has 7 nitrogen and oxygen atoms in total. The molecule has 0 saturated carbocycles. The lowest BCUT2D eigenvalue weighted by molar-refractivity contribution is -0.118. The summed E-state index contributed by atoms with van der Waals surface area (Å²) in [6, 6.07) is 13.2. The Hall–Kier alpha value is -3.22. The van der Waals surface area contributed by atoms with Crippen molar-refractivity contribution in [2.24, 2.45) is 5.92 Å². The van der Waals surface area contributed by atoms with Gasteiger partial charge in [-0.1, -0.05) is 26.0 Å². The highest BCUT2D eigenvalue weighted by Gasteiger charge is 2.22. The van der Waals surface area contributed by atoms with E-state index in [1.165, 1.54) is 0 Å². The number of carbonyl (C=O) groups is 2. The second kappa shape index (κ2) is 9.52. The molecule has 1 amide bonds. The number of aromatic carboxylic acids is 1. The first-order valence-corrected chi connectivity index (χ1v) is 10.3. The van der Waals surface area contributed by atoms with Crippen LogP contribution in [0.1, 0.15) is 31.1 Å². The lowest BCUT2D eigenvalue weighted by Gasteiger charge is -2.38. The minimum absolute atomic E-state index is 0.102. The van der Waals surface area contributed by atoms with Gasteiger partial charge >= 0.3 is 5.97 Å². The quantitative estimate of drug-likeness (QED) is 0.723. The van der Waals surface area contributed by atoms with Gasteiger partial charge in [0.05, 0.1) is 23.5 Å². The zero-order valence-corrected chi connectivity index (χ0v) is 17.7. The van der Waals surface area contributed by atoms with Crippen LogP contribution in [-0.4, -0.2) is 49.8 Å². The second-order valence-corrected chi connectivity index (χ2v) is 7.55. The molecule has 1 saturated heterocycles. The molecule has 1 heterocycles. The number of hydrogen-bond donors (Lipinski definition) is 2. The molecule has 0 aromatic heterocycles. The zero-order valence-electron chi connectivity index (χ0n) is 17.7. The van der Waals surface area contributed by atoms with E-state index >= 15 is 0 Å². The molecule has 0 radical (unpaired) electrons. The number of piperazine rings is 1. The van der Waals surface area contributed by atoms with Crippen molar-refractivity contribution < 1.29 is 19.4 Å². The van der Waals surface area contributed by atoms with E-state index in [9.17, 15) is 14.7 Å². The van der Waals surface area contributed by atoms with E-state index in [4.69, 9.17) is 4.74 Å². The third-order valence-corrected chi connectivity index (χ3v) is 5.17. The number of amides is 1. The third kappa shape index (κ3) is 4.84. The molecule has 3 rings (SSSR count). The molecule has 0 aliphatic carbocycles. The van der Waals surface area contributed by atoms with Crippen molar-refractivity contribution in [1.82, 2.24) is 0 Å². The van der Waals surface area contributed by atoms with Crippen molar-refractivity contribution in [1.29, 1.82) is 0 Å². The average molecular weight is 412 g/mol. The largest absolute Gasteiger partial charge is 0.492 e. The van der Waals surface area contributed by atoms with Gasteiger partial charge in [0.1, 0.15) is 5.75 Å². The molecule has 30 heavy (non-hydrogen) atoms. The van der Waals surface area contributed by atoms with Gasteiger partial charge in [0.2, 0.25) is 5.91 Å². The summed E-state index contributed by atoms with van der Waals surface area (Å²) >= 11 is 0. The number of ether oxygens (including phenoxy) is 1. The highest BCUT2D eigenvalue weighted by atomic mass is 16.5. The summed E-state index contributed by atoms with van der Waals surface area (Å²) in [4.78, 5) is 28.2. The molecule has 0 atom stereocenters. The fourth-order valence-electron chi connectivity index (χ4n) is 3.49. The Morgan fingerprint density at radius 3 is 2.37 bits per heavy atom. The van der Waals surface area contributed by atoms with Gasteiger partial charge in [-0.15, -0.1) is 0 Å². The first kappa shape index (κ1) is 21.5. The van der Waals surface area contributed by atoms with Crippen molar-refractivity contribution in [3.05, 3.63) is 48.0 Å². The van der Waals surface area contributed by atoms with Crippen LogP contribution in [0.5, 0.6) is 5.75 Å². The molecule has 1 aliphatic rings. The highest BCUT2D eigenvalue weighted by Crippen LogP contribution is 2.30. The lowest BCUT2D eigenvalue weighted by atomic mass is 10.1. The molecule has 0 bridgehead atoms. The van der Waals surface area contributed by atoms with Gasteiger partial charge in [0.15, 0.2) is 0 Å². The summed E-state index contributed by atoms with van der Waals surface area (Å²) in [6.07, 6.45) is 0. The van der Waals surface area contributed by atoms with E-state index in [-0.39, 0.29) is 17.4 Å². The maximum absolute atomic E-state index is 12.0. The molecule has 0 spiro atoms. The average Bonchev–Trinajstić information content (AvgIpc) is 2.74. The molecule has 1 fully saturated rings. The van der Waals surface area contributed by atoms with Gasteiger partial charge in [-0.05, 0) is 37.3 Å². The van der Waals surface area contributed by atoms with Gasteiger partial charge in [-0.25, -0.2) is 4.79 Å². The number of rotatable bonds is 7. The van der Waals surface area contributed by atoms with E-state index in [0.717, 1.165) is 43.3 Å². The first-order valence-electron chi connectivity index (χ1n) is 10.3. The van der Waals surface area contributed by atoms with E-state index in [1.54, 1.807) is 26.0 Å². The monoisotopic (exact) mass is 411 g/mol. The zero-order chi connectivity index (χ0) is 21.7. The summed E-state index contributed by atoms with van der Waals surface area (Å²) < 4.78 is 5.75. The summed E-state index contributed by atoms with van der Waals surface area (Å²) in [5.74, 6) is -0.599. The number of nitrogens with one attached hydrogen (secondary N) is 1. The van der Waals surface area contributed by atoms with E-state index in [1.807, 2.05) is 31.2 Å². The molecular weight excluding hydrogens is 382 g/mol. The second-order valence-electron chi connectivity index (χ2n) is 7.55. The highest BCUT2D eigenvalue weighted by molar-refractivity contribution is 6.01. The first-order chi connectivity index (χ1) is 14.4. The topological polar surface area (TPSA) is 82.1 Å². The molecule has 7 heteroatoms. The van der Waals surface area contributed by atoms with Crippen LogP contribution in [0, 0.1) is 5.92 Å². The number of carboxylic acids is 1. The van der Waals surface area contributed by atoms with Gasteiger partial charge in [0.25, 0.3) is 0 Å². The summed E-state index contributed by atoms with van der Waals surface area (Å²) in [7, 11) is 0. The number of para-hydroxylation sites is 2. The SMILES string of the molecule is CCOc1ccccc1N1CCN(c2ccc(NC(=O)C(C)C)c(C(=O)O)c2)CC1. The maximum Gasteiger partial charge on any atom is 0.337 e. The van der Waals surface area contributed by atoms with Crippen LogP contribution in [0.15, 0.2) is 42.5 Å². The van der Waals surface area contributed by atoms with Crippen molar-refractivity contribution in [3.8, 4) is 5.75 Å². The molecule has 2 N–H and O–H groups in total. The Morgan fingerprint density at radius 2 is 1.73 bits per heavy atom. The van der Waals surface area contributed by atoms with Crippen molar-refractivity contribution in [3.63, 3.8) is 0 Å². The fraction of sp³-hybridized carbons (Fsp3) is 0.391. The van der Waals surface area contributed by atoms with Crippen molar-refractivity contribution in [2.45, 2.75) is 20.8 Å². The number of carbonyl (C=O) groups excluding carboxylic acids is 1. The van der Waals surface area contributed by atoms with Crippen LogP contribution in [0.25, 0.3) is 0 Å². The van der Waals surface area contributed by atoms with Crippen LogP contribution in [0.2, 0.25) is 0 Å². The summed E-state index contributed by atoms with van der Waals surface area (Å²) in [5.41, 5.74) is 2.35. The summed E-state index contributed by atoms with van der Waals surface area (Å²) in [6.45, 7) is 9.27. The van der Waals surface area contributed by atoms with Gasteiger partial charge in [-0.2, -0.15) is 0 Å². The smallest absolute Gasteiger partial charge is 0.337 e. The van der Waals surface area contributed by atoms with Gasteiger partial charge in [0, 0.05) is 37.8 Å². The molecule has 0 unspecified atom stereocenters. The van der Waals surface area contributed by atoms with Crippen LogP contribution >= 0.6 is 0 Å². The van der Waals surface area contributed by atoms with E-state index in [0.29, 0.717) is 12.3 Å². The minimum atomic E-state index is -1.06. The Morgan fingerprint density at radius 1 is 1.07 bits per heavy atom. The maximum atomic E-state index is 12.0. The Balaban J connectivity index is 1.73. The standard InChI is InChI=1S/C23H29N3O4/c1-4-30-21-8-6-5-7-20(21)26-13-11-25(12-14-26)17-9-10-19(18(15-17)23(28)29)24-22(27)16(2)3/h5-10,15-16H,4,11-14H2,1-3H3,(H,24,27)(H,28,29). The normalized spacial score (nSPS) is 14.0. The van der Waals surface area contributed by atoms with Gasteiger partial charge in [-0.3, -0.25) is 4.79 Å². The van der Waals surface area contributed by atoms with E-state index in [2.05, 4.69) is 21.2 Å². The molecule has 2 aromatic carbocycles. The third-order valence-electron chi connectivity index (χ3n) is 5.17. The number of carboxylic acid groups (broad SMARTS) is 1. The molecular formula is C23H29N3O4. The Bertz CT molecular complexity index is 905. The number of nitrogens with zero attached hydrogens (tertiary/aromatic N) is 2. The van der Waals surface area contributed by atoms with Crippen LogP contribution < -0.4 is 19.9 Å². The molecule has 160 valence electrons. The van der Waals surface area contributed by atoms with E-state index < -0.39 is 5.97 Å². The number of hydrogen-bond acceptors (Lipinski definition) is 5.